The molecule has 1 aliphatic heterocycles. The molecule has 0 spiro atoms. The van der Waals surface area contributed by atoms with Crippen LogP contribution in [-0.4, -0.2) is 89.0 Å². The number of likely N-dealkylation sites (tertiary alicyclic amines) is 1. The third-order valence-electron chi connectivity index (χ3n) is 9.98. The van der Waals surface area contributed by atoms with Crippen LogP contribution in [0, 0.1) is 11.8 Å². The van der Waals surface area contributed by atoms with Crippen LogP contribution in [0.5, 0.6) is 0 Å². The molecular weight excluding hydrogens is 716 g/mol. The van der Waals surface area contributed by atoms with Crippen LogP contribution in [0.2, 0.25) is 0 Å². The molecule has 0 bridgehead atoms. The lowest BCUT2D eigenvalue weighted by Gasteiger charge is -2.35. The van der Waals surface area contributed by atoms with Gasteiger partial charge in [-0.05, 0) is 63.0 Å². The summed E-state index contributed by atoms with van der Waals surface area (Å²) in [5, 5.41) is 10.5. The summed E-state index contributed by atoms with van der Waals surface area (Å²) in [4.78, 5) is 95.1. The number of Topliss-reactive ketones (excluding diaryl/α,β-unsaturated/α-hetero) is 1. The Kier molecular flexibility index (Phi) is 15.7. The Morgan fingerprint density at radius 1 is 0.839 bits per heavy atom. The van der Waals surface area contributed by atoms with Gasteiger partial charge >= 0.3 is 0 Å². The van der Waals surface area contributed by atoms with E-state index in [0.717, 1.165) is 37.7 Å². The fourth-order valence-corrected chi connectivity index (χ4v) is 7.46. The highest BCUT2D eigenvalue weighted by Crippen LogP contribution is 2.31. The van der Waals surface area contributed by atoms with E-state index in [0.29, 0.717) is 5.56 Å². The third kappa shape index (κ3) is 13.0. The number of hydrogen-bond acceptors (Lipinski definition) is 8. The zero-order valence-electron chi connectivity index (χ0n) is 33.2. The van der Waals surface area contributed by atoms with Crippen LogP contribution in [0.25, 0.3) is 0 Å². The van der Waals surface area contributed by atoms with Crippen LogP contribution >= 0.6 is 0 Å². The summed E-state index contributed by atoms with van der Waals surface area (Å²) in [6.07, 6.45) is 4.21. The second kappa shape index (κ2) is 20.2. The molecule has 304 valence electrons. The number of ether oxygens (including phenoxy) is 1. The van der Waals surface area contributed by atoms with E-state index in [-0.39, 0.29) is 43.6 Å². The van der Waals surface area contributed by atoms with Crippen LogP contribution in [0.15, 0.2) is 60.7 Å². The fourth-order valence-electron chi connectivity index (χ4n) is 7.46. The smallest absolute Gasteiger partial charge is 0.290 e. The van der Waals surface area contributed by atoms with E-state index >= 15 is 0 Å². The summed E-state index contributed by atoms with van der Waals surface area (Å²) in [7, 11) is 0. The zero-order chi connectivity index (χ0) is 41.0. The number of carbonyl (C=O) groups is 7. The van der Waals surface area contributed by atoms with Crippen molar-refractivity contribution in [1.82, 2.24) is 26.2 Å². The summed E-state index contributed by atoms with van der Waals surface area (Å²) in [5.41, 5.74) is 6.16. The maximum absolute atomic E-state index is 14.6. The Bertz CT molecular complexity index is 1690. The van der Waals surface area contributed by atoms with Gasteiger partial charge in [0, 0.05) is 13.0 Å². The molecule has 6 N–H and O–H groups in total. The molecule has 14 heteroatoms. The van der Waals surface area contributed by atoms with E-state index in [1.54, 1.807) is 30.3 Å². The molecule has 0 radical (unpaired) electrons. The van der Waals surface area contributed by atoms with Crippen molar-refractivity contribution in [3.63, 3.8) is 0 Å². The maximum atomic E-state index is 14.6. The Balaban J connectivity index is 1.50. The lowest BCUT2D eigenvalue weighted by molar-refractivity contribution is -0.144. The van der Waals surface area contributed by atoms with Crippen molar-refractivity contribution in [3.8, 4) is 0 Å². The van der Waals surface area contributed by atoms with E-state index in [9.17, 15) is 33.6 Å². The topological polar surface area (TPSA) is 206 Å². The Morgan fingerprint density at radius 3 is 2.05 bits per heavy atom. The van der Waals surface area contributed by atoms with Gasteiger partial charge in [-0.25, -0.2) is 0 Å². The molecule has 56 heavy (non-hydrogen) atoms. The lowest BCUT2D eigenvalue weighted by atomic mass is 9.83. The second-order valence-corrected chi connectivity index (χ2v) is 16.3. The highest BCUT2D eigenvalue weighted by Gasteiger charge is 2.46. The molecule has 1 heterocycles. The first-order chi connectivity index (χ1) is 26.5. The number of primary amides is 1. The van der Waals surface area contributed by atoms with Crippen LogP contribution < -0.4 is 27.0 Å². The van der Waals surface area contributed by atoms with Crippen LogP contribution in [0.1, 0.15) is 96.7 Å². The Morgan fingerprint density at radius 2 is 1.46 bits per heavy atom. The summed E-state index contributed by atoms with van der Waals surface area (Å²) < 4.78 is 6.27. The average molecular weight is 775 g/mol. The summed E-state index contributed by atoms with van der Waals surface area (Å²) in [5.74, 6) is -5.20. The SMILES string of the molecule is CC(C)CC(NC(=O)[C@@H]1C[C@@H](OC(C)(C)C)CN1C(=O)[C@@H](NC(=O)Cc1ccccc1)C1CCCCC1)C(=O)C(=O)NCC(=O)N[C@H](C(N)=O)c1ccccc1. The highest BCUT2D eigenvalue weighted by molar-refractivity contribution is 6.38. The van der Waals surface area contributed by atoms with Crippen molar-refractivity contribution in [2.75, 3.05) is 13.1 Å². The van der Waals surface area contributed by atoms with Gasteiger partial charge in [0.25, 0.3) is 5.91 Å². The van der Waals surface area contributed by atoms with E-state index in [4.69, 9.17) is 10.5 Å². The Labute approximate surface area is 329 Å². The minimum atomic E-state index is -1.27. The first-order valence-electron chi connectivity index (χ1n) is 19.6. The number of nitrogens with one attached hydrogen (secondary N) is 4. The van der Waals surface area contributed by atoms with E-state index < -0.39 is 77.7 Å². The molecule has 2 aliphatic rings. The highest BCUT2D eigenvalue weighted by atomic mass is 16.5. The lowest BCUT2D eigenvalue weighted by Crippen LogP contribution is -2.58. The standard InChI is InChI=1S/C42H58N6O8/c1-26(2)21-31(37(51)40(54)44-24-34(50)47-35(38(43)52)28-17-11-7-12-18-28)45-39(53)32-23-30(56-42(3,4)5)25-48(32)41(55)36(29-19-13-8-14-20-29)46-33(49)22-27-15-9-6-10-16-27/h6-7,9-12,15-18,26,29-32,35-36H,8,13-14,19-25H2,1-5H3,(H2,43,52)(H,44,54)(H,45,53)(H,46,49)(H,47,50)/t30-,31?,32+,35+,36+/m1/s1. The largest absolute Gasteiger partial charge is 0.371 e. The minimum absolute atomic E-state index is 0.0957. The van der Waals surface area contributed by atoms with Crippen LogP contribution in [0.3, 0.4) is 0 Å². The molecule has 14 nitrogen and oxygen atoms in total. The number of nitrogens with two attached hydrogens (primary N) is 1. The third-order valence-corrected chi connectivity index (χ3v) is 9.98. The zero-order valence-corrected chi connectivity index (χ0v) is 33.2. The van der Waals surface area contributed by atoms with Gasteiger partial charge in [0.2, 0.25) is 35.3 Å². The number of ketones is 1. The van der Waals surface area contributed by atoms with Gasteiger partial charge in [-0.2, -0.15) is 0 Å². The van der Waals surface area contributed by atoms with E-state index in [1.807, 2.05) is 65.0 Å². The molecule has 5 atom stereocenters. The van der Waals surface area contributed by atoms with Gasteiger partial charge in [-0.3, -0.25) is 33.6 Å². The molecule has 1 saturated carbocycles. The fraction of sp³-hybridized carbons (Fsp3) is 0.548. The molecule has 0 aromatic heterocycles. The summed E-state index contributed by atoms with van der Waals surface area (Å²) >= 11 is 0. The normalized spacial score (nSPS) is 19.0. The number of hydrogen-bond donors (Lipinski definition) is 5. The van der Waals surface area contributed by atoms with Gasteiger partial charge < -0.3 is 36.6 Å². The average Bonchev–Trinajstić information content (AvgIpc) is 3.57. The predicted octanol–water partition coefficient (Wildman–Crippen LogP) is 2.64. The van der Waals surface area contributed by atoms with Gasteiger partial charge in [-0.15, -0.1) is 0 Å². The molecule has 1 saturated heterocycles. The van der Waals surface area contributed by atoms with Crippen molar-refractivity contribution in [1.29, 1.82) is 0 Å². The van der Waals surface area contributed by atoms with Crippen molar-refractivity contribution in [2.24, 2.45) is 17.6 Å². The van der Waals surface area contributed by atoms with Crippen molar-refractivity contribution in [2.45, 2.75) is 122 Å². The molecule has 2 aromatic rings. The molecule has 2 fully saturated rings. The van der Waals surface area contributed by atoms with Gasteiger partial charge in [0.05, 0.1) is 30.7 Å². The molecule has 1 unspecified atom stereocenters. The summed E-state index contributed by atoms with van der Waals surface area (Å²) in [6, 6.07) is 13.3. The number of nitrogens with zero attached hydrogens (tertiary/aromatic N) is 1. The molecular formula is C42H58N6O8. The second-order valence-electron chi connectivity index (χ2n) is 16.3. The van der Waals surface area contributed by atoms with Crippen LogP contribution in [0.4, 0.5) is 0 Å². The molecule has 1 aliphatic carbocycles. The maximum Gasteiger partial charge on any atom is 0.290 e. The number of benzene rings is 2. The Hall–Kier alpha value is -5.11. The van der Waals surface area contributed by atoms with Gasteiger partial charge in [0.15, 0.2) is 0 Å². The predicted molar refractivity (Wildman–Crippen MR) is 209 cm³/mol. The quantitative estimate of drug-likeness (QED) is 0.151. The monoisotopic (exact) mass is 774 g/mol. The van der Waals surface area contributed by atoms with Crippen molar-refractivity contribution in [3.05, 3.63) is 71.8 Å². The molecule has 2 aromatic carbocycles. The van der Waals surface area contributed by atoms with E-state index in [2.05, 4.69) is 21.3 Å². The summed E-state index contributed by atoms with van der Waals surface area (Å²) in [6.45, 7) is 8.78. The first-order valence-corrected chi connectivity index (χ1v) is 19.6. The van der Waals surface area contributed by atoms with E-state index in [1.165, 1.54) is 4.90 Å². The first kappa shape index (κ1) is 43.6. The molecule has 6 amide bonds. The van der Waals surface area contributed by atoms with Crippen molar-refractivity contribution >= 4 is 41.2 Å². The van der Waals surface area contributed by atoms with Crippen molar-refractivity contribution < 1.29 is 38.3 Å². The minimum Gasteiger partial charge on any atom is -0.371 e. The van der Waals surface area contributed by atoms with Gasteiger partial charge in [-0.1, -0.05) is 93.8 Å². The van der Waals surface area contributed by atoms with Gasteiger partial charge in [0.1, 0.15) is 18.1 Å². The van der Waals surface area contributed by atoms with Crippen LogP contribution in [-0.2, 0) is 44.7 Å². The molecule has 4 rings (SSSR count). The number of amides is 6. The number of carbonyl (C=O) groups excluding carboxylic acids is 7. The number of rotatable bonds is 17.